The molecule has 2 amide bonds. The highest BCUT2D eigenvalue weighted by Gasteiger charge is 2.08. The number of benzene rings is 1. The summed E-state index contributed by atoms with van der Waals surface area (Å²) in [5, 5.41) is 21.3. The number of hydrogen-bond donors (Lipinski definition) is 3. The fourth-order valence-electron chi connectivity index (χ4n) is 1.04. The molecule has 0 saturated carbocycles. The Bertz CT molecular complexity index is 496. The predicted octanol–water partition coefficient (Wildman–Crippen LogP) is 0.903. The van der Waals surface area contributed by atoms with Crippen molar-refractivity contribution in [3.05, 3.63) is 29.6 Å². The van der Waals surface area contributed by atoms with Gasteiger partial charge in [-0.1, -0.05) is 0 Å². The molecule has 88 valence electrons. The van der Waals surface area contributed by atoms with Gasteiger partial charge < -0.3 is 15.7 Å². The van der Waals surface area contributed by atoms with Gasteiger partial charge in [0.05, 0.1) is 11.3 Å². The fraction of sp³-hybridized carbons (Fsp3) is 0.100. The van der Waals surface area contributed by atoms with E-state index in [0.29, 0.717) is 0 Å². The topological polar surface area (TPSA) is 102 Å². The Hall–Kier alpha value is -2.62. The van der Waals surface area contributed by atoms with Crippen LogP contribution in [0.4, 0.5) is 14.9 Å². The summed E-state index contributed by atoms with van der Waals surface area (Å²) in [5.41, 5.74) is 0.0623. The molecule has 0 saturated heterocycles. The van der Waals surface area contributed by atoms with Gasteiger partial charge in [0, 0.05) is 0 Å². The lowest BCUT2D eigenvalue weighted by Crippen LogP contribution is -2.33. The quantitative estimate of drug-likeness (QED) is 0.726. The van der Waals surface area contributed by atoms with Crippen LogP contribution in [0.25, 0.3) is 0 Å². The van der Waals surface area contributed by atoms with E-state index >= 15 is 0 Å². The second-order valence-corrected chi connectivity index (χ2v) is 3.00. The van der Waals surface area contributed by atoms with Crippen molar-refractivity contribution in [3.63, 3.8) is 0 Å². The van der Waals surface area contributed by atoms with Crippen LogP contribution in [0.3, 0.4) is 0 Å². The molecule has 0 unspecified atom stereocenters. The Labute approximate surface area is 95.7 Å². The van der Waals surface area contributed by atoms with Crippen molar-refractivity contribution in [1.29, 1.82) is 5.26 Å². The maximum absolute atomic E-state index is 12.8. The Balaban J connectivity index is 2.72. The number of nitrogens with zero attached hydrogens (tertiary/aromatic N) is 1. The number of amides is 2. The van der Waals surface area contributed by atoms with Crippen molar-refractivity contribution in [1.82, 2.24) is 5.32 Å². The van der Waals surface area contributed by atoms with Crippen LogP contribution < -0.4 is 10.6 Å². The standard InChI is InChI=1S/C10H8FN3O3/c11-7-1-2-8(6(3-7)4-12)14-10(17)13-5-9(15)16/h1-3H,5H2,(H,15,16)(H2,13,14,17). The number of hydrogen-bond acceptors (Lipinski definition) is 3. The smallest absolute Gasteiger partial charge is 0.323 e. The number of carboxylic acids is 1. The van der Waals surface area contributed by atoms with Crippen LogP contribution in [0, 0.1) is 17.1 Å². The summed E-state index contributed by atoms with van der Waals surface area (Å²) in [7, 11) is 0. The molecule has 0 radical (unpaired) electrons. The first-order valence-corrected chi connectivity index (χ1v) is 4.49. The molecule has 0 aliphatic rings. The van der Waals surface area contributed by atoms with Crippen molar-refractivity contribution in [2.75, 3.05) is 11.9 Å². The number of carbonyl (C=O) groups is 2. The number of anilines is 1. The van der Waals surface area contributed by atoms with E-state index in [1.807, 2.05) is 5.32 Å². The molecule has 1 aromatic carbocycles. The number of carboxylic acid groups (broad SMARTS) is 1. The molecule has 0 aromatic heterocycles. The molecular weight excluding hydrogens is 229 g/mol. The minimum atomic E-state index is -1.19. The average Bonchev–Trinajstić information content (AvgIpc) is 2.28. The monoisotopic (exact) mass is 237 g/mol. The molecule has 3 N–H and O–H groups in total. The molecule has 0 fully saturated rings. The maximum atomic E-state index is 12.8. The molecule has 17 heavy (non-hydrogen) atoms. The minimum absolute atomic E-state index is 0.0459. The average molecular weight is 237 g/mol. The van der Waals surface area contributed by atoms with Crippen molar-refractivity contribution < 1.29 is 19.1 Å². The van der Waals surface area contributed by atoms with Gasteiger partial charge in [0.1, 0.15) is 18.4 Å². The summed E-state index contributed by atoms with van der Waals surface area (Å²) in [5.74, 6) is -1.79. The van der Waals surface area contributed by atoms with E-state index in [2.05, 4.69) is 5.32 Å². The molecule has 0 aliphatic heterocycles. The van der Waals surface area contributed by atoms with Crippen LogP contribution in [0.15, 0.2) is 18.2 Å². The summed E-state index contributed by atoms with van der Waals surface area (Å²) in [4.78, 5) is 21.4. The maximum Gasteiger partial charge on any atom is 0.323 e. The second-order valence-electron chi connectivity index (χ2n) is 3.00. The molecule has 7 heteroatoms. The van der Waals surface area contributed by atoms with Gasteiger partial charge in [-0.05, 0) is 18.2 Å². The van der Waals surface area contributed by atoms with Crippen molar-refractivity contribution in [2.45, 2.75) is 0 Å². The first-order chi connectivity index (χ1) is 8.02. The van der Waals surface area contributed by atoms with Gasteiger partial charge in [-0.25, -0.2) is 9.18 Å². The zero-order valence-corrected chi connectivity index (χ0v) is 8.53. The Morgan fingerprint density at radius 3 is 2.76 bits per heavy atom. The lowest BCUT2D eigenvalue weighted by atomic mass is 10.2. The van der Waals surface area contributed by atoms with Gasteiger partial charge in [0.2, 0.25) is 0 Å². The van der Waals surface area contributed by atoms with E-state index in [4.69, 9.17) is 10.4 Å². The highest BCUT2D eigenvalue weighted by atomic mass is 19.1. The molecule has 0 heterocycles. The highest BCUT2D eigenvalue weighted by molar-refractivity contribution is 5.92. The van der Waals surface area contributed by atoms with Crippen LogP contribution in [0.1, 0.15) is 5.56 Å². The Morgan fingerprint density at radius 1 is 1.47 bits per heavy atom. The zero-order valence-electron chi connectivity index (χ0n) is 8.53. The third-order valence-electron chi connectivity index (χ3n) is 1.75. The highest BCUT2D eigenvalue weighted by Crippen LogP contribution is 2.15. The number of aliphatic carboxylic acids is 1. The third-order valence-corrected chi connectivity index (χ3v) is 1.75. The van der Waals surface area contributed by atoms with Crippen molar-refractivity contribution in [3.8, 4) is 6.07 Å². The Kier molecular flexibility index (Phi) is 4.00. The van der Waals surface area contributed by atoms with Gasteiger partial charge in [-0.3, -0.25) is 4.79 Å². The number of nitriles is 1. The van der Waals surface area contributed by atoms with E-state index in [1.165, 1.54) is 6.07 Å². The van der Waals surface area contributed by atoms with Gasteiger partial charge in [-0.2, -0.15) is 5.26 Å². The van der Waals surface area contributed by atoms with Crippen molar-refractivity contribution >= 4 is 17.7 Å². The second kappa shape index (κ2) is 5.46. The fourth-order valence-corrected chi connectivity index (χ4v) is 1.04. The van der Waals surface area contributed by atoms with E-state index in [1.54, 1.807) is 6.07 Å². The van der Waals surface area contributed by atoms with Crippen molar-refractivity contribution in [2.24, 2.45) is 0 Å². The van der Waals surface area contributed by atoms with Crippen LogP contribution in [-0.2, 0) is 4.79 Å². The first kappa shape index (κ1) is 12.4. The summed E-state index contributed by atoms with van der Waals surface area (Å²) in [6, 6.07) is 4.18. The molecule has 1 rings (SSSR count). The van der Waals surface area contributed by atoms with Gasteiger partial charge in [0.25, 0.3) is 0 Å². The van der Waals surface area contributed by atoms with Crippen LogP contribution in [-0.4, -0.2) is 23.7 Å². The van der Waals surface area contributed by atoms with E-state index in [0.717, 1.165) is 12.1 Å². The Morgan fingerprint density at radius 2 is 2.18 bits per heavy atom. The number of halogens is 1. The van der Waals surface area contributed by atoms with E-state index in [-0.39, 0.29) is 11.3 Å². The van der Waals surface area contributed by atoms with Crippen LogP contribution in [0.5, 0.6) is 0 Å². The largest absolute Gasteiger partial charge is 0.480 e. The molecule has 1 aromatic rings. The summed E-state index contributed by atoms with van der Waals surface area (Å²) in [6.45, 7) is -0.547. The SMILES string of the molecule is N#Cc1cc(F)ccc1NC(=O)NCC(=O)O. The van der Waals surface area contributed by atoms with Crippen LogP contribution in [0.2, 0.25) is 0 Å². The first-order valence-electron chi connectivity index (χ1n) is 4.49. The zero-order chi connectivity index (χ0) is 12.8. The van der Waals surface area contributed by atoms with E-state index < -0.39 is 24.4 Å². The third kappa shape index (κ3) is 3.79. The molecule has 0 spiro atoms. The molecular formula is C10H8FN3O3. The summed E-state index contributed by atoms with van der Waals surface area (Å²) >= 11 is 0. The number of urea groups is 1. The molecule has 0 atom stereocenters. The summed E-state index contributed by atoms with van der Waals surface area (Å²) < 4.78 is 12.8. The van der Waals surface area contributed by atoms with Crippen LogP contribution >= 0.6 is 0 Å². The molecule has 0 bridgehead atoms. The normalized spacial score (nSPS) is 9.18. The predicted molar refractivity (Wildman–Crippen MR) is 55.8 cm³/mol. The number of carbonyl (C=O) groups excluding carboxylic acids is 1. The van der Waals surface area contributed by atoms with E-state index in [9.17, 15) is 14.0 Å². The number of nitrogens with one attached hydrogen (secondary N) is 2. The van der Waals surface area contributed by atoms with Gasteiger partial charge in [0.15, 0.2) is 0 Å². The molecule has 0 aliphatic carbocycles. The lowest BCUT2D eigenvalue weighted by Gasteiger charge is -2.07. The summed E-state index contributed by atoms with van der Waals surface area (Å²) in [6.07, 6.45) is 0. The lowest BCUT2D eigenvalue weighted by molar-refractivity contribution is -0.135. The van der Waals surface area contributed by atoms with Gasteiger partial charge in [-0.15, -0.1) is 0 Å². The van der Waals surface area contributed by atoms with Gasteiger partial charge >= 0.3 is 12.0 Å². The number of rotatable bonds is 3. The molecule has 6 nitrogen and oxygen atoms in total. The minimum Gasteiger partial charge on any atom is -0.480 e.